The van der Waals surface area contributed by atoms with Crippen molar-refractivity contribution in [3.63, 3.8) is 0 Å². The molecule has 0 saturated carbocycles. The van der Waals surface area contributed by atoms with Gasteiger partial charge < -0.3 is 14.5 Å². The van der Waals surface area contributed by atoms with Crippen molar-refractivity contribution in [2.24, 2.45) is 5.92 Å². The van der Waals surface area contributed by atoms with Crippen LogP contribution in [0.2, 0.25) is 0 Å². The predicted molar refractivity (Wildman–Crippen MR) is 134 cm³/mol. The molecule has 1 fully saturated rings. The van der Waals surface area contributed by atoms with Gasteiger partial charge in [-0.2, -0.15) is 5.10 Å². The molecule has 1 saturated heterocycles. The van der Waals surface area contributed by atoms with Gasteiger partial charge in [0.25, 0.3) is 5.91 Å². The topological polar surface area (TPSA) is 67.7 Å². The number of aromatic nitrogens is 2. The molecule has 2 atom stereocenters. The van der Waals surface area contributed by atoms with E-state index in [-0.39, 0.29) is 24.4 Å². The Kier molecular flexibility index (Phi) is 8.32. The molecule has 2 aromatic carbocycles. The lowest BCUT2D eigenvalue weighted by molar-refractivity contribution is -0.145. The van der Waals surface area contributed by atoms with E-state index in [1.807, 2.05) is 71.4 Å². The van der Waals surface area contributed by atoms with Crippen LogP contribution in [-0.2, 0) is 27.3 Å². The Morgan fingerprint density at radius 3 is 2.29 bits per heavy atom. The van der Waals surface area contributed by atoms with Crippen molar-refractivity contribution in [2.75, 3.05) is 27.2 Å². The second-order valence-electron chi connectivity index (χ2n) is 9.15. The number of hydrogen-bond acceptors (Lipinski definition) is 4. The molecule has 7 nitrogen and oxygen atoms in total. The van der Waals surface area contributed by atoms with Crippen molar-refractivity contribution in [3.8, 4) is 0 Å². The van der Waals surface area contributed by atoms with Crippen molar-refractivity contribution in [1.29, 1.82) is 0 Å². The maximum atomic E-state index is 13.2. The highest BCUT2D eigenvalue weighted by molar-refractivity contribution is 5.82. The van der Waals surface area contributed by atoms with Crippen LogP contribution in [0, 0.1) is 5.92 Å². The van der Waals surface area contributed by atoms with E-state index < -0.39 is 6.10 Å². The number of benzene rings is 2. The lowest BCUT2D eigenvalue weighted by Crippen LogP contribution is -2.49. The molecule has 0 bridgehead atoms. The van der Waals surface area contributed by atoms with E-state index in [9.17, 15) is 9.59 Å². The first-order valence-corrected chi connectivity index (χ1v) is 12.2. The summed E-state index contributed by atoms with van der Waals surface area (Å²) >= 11 is 0. The predicted octanol–water partition coefficient (Wildman–Crippen LogP) is 3.58. The second-order valence-corrected chi connectivity index (χ2v) is 9.15. The summed E-state index contributed by atoms with van der Waals surface area (Å²) in [6, 6.07) is 21.8. The van der Waals surface area contributed by atoms with E-state index >= 15 is 0 Å². The molecule has 184 valence electrons. The Balaban J connectivity index is 1.44. The fourth-order valence-electron chi connectivity index (χ4n) is 4.98. The number of rotatable bonds is 9. The van der Waals surface area contributed by atoms with E-state index in [0.717, 1.165) is 24.8 Å². The van der Waals surface area contributed by atoms with Crippen molar-refractivity contribution in [1.82, 2.24) is 19.6 Å². The first kappa shape index (κ1) is 24.7. The quantitative estimate of drug-likeness (QED) is 0.476. The summed E-state index contributed by atoms with van der Waals surface area (Å²) in [4.78, 5) is 30.2. The normalized spacial score (nSPS) is 16.0. The highest BCUT2D eigenvalue weighted by Crippen LogP contribution is 2.29. The van der Waals surface area contributed by atoms with Crippen LogP contribution in [-0.4, -0.2) is 64.7 Å². The Morgan fingerprint density at radius 1 is 1.03 bits per heavy atom. The number of amides is 2. The average molecular weight is 475 g/mol. The molecule has 2 amide bonds. The van der Waals surface area contributed by atoms with Gasteiger partial charge in [0, 0.05) is 45.7 Å². The van der Waals surface area contributed by atoms with E-state index in [1.54, 1.807) is 24.2 Å². The minimum absolute atomic E-state index is 0.000118. The minimum atomic E-state index is -0.591. The fraction of sp³-hybridized carbons (Fsp3) is 0.393. The Hall–Kier alpha value is -3.45. The van der Waals surface area contributed by atoms with Gasteiger partial charge in [-0.15, -0.1) is 0 Å². The van der Waals surface area contributed by atoms with Crippen LogP contribution in [0.15, 0.2) is 79.1 Å². The molecule has 2 heterocycles. The molecule has 0 N–H and O–H groups in total. The smallest absolute Gasteiger partial charge is 0.256 e. The number of nitrogens with zero attached hydrogens (tertiary/aromatic N) is 4. The van der Waals surface area contributed by atoms with E-state index in [2.05, 4.69) is 17.2 Å². The largest absolute Gasteiger partial charge is 0.367 e. The summed E-state index contributed by atoms with van der Waals surface area (Å²) in [5.74, 6) is 0.333. The summed E-state index contributed by atoms with van der Waals surface area (Å²) in [5, 5.41) is 4.19. The molecule has 0 spiro atoms. The summed E-state index contributed by atoms with van der Waals surface area (Å²) in [7, 11) is 3.48. The monoisotopic (exact) mass is 474 g/mol. The fourth-order valence-corrected chi connectivity index (χ4v) is 4.98. The number of carbonyl (C=O) groups is 2. The maximum absolute atomic E-state index is 13.2. The lowest BCUT2D eigenvalue weighted by atomic mass is 9.84. The van der Waals surface area contributed by atoms with Gasteiger partial charge in [-0.25, -0.2) is 0 Å². The molecule has 7 heteroatoms. The van der Waals surface area contributed by atoms with Crippen molar-refractivity contribution < 1.29 is 14.3 Å². The minimum Gasteiger partial charge on any atom is -0.367 e. The molecule has 0 aliphatic carbocycles. The summed E-state index contributed by atoms with van der Waals surface area (Å²) in [5.41, 5.74) is 2.08. The molecule has 0 unspecified atom stereocenters. The first-order valence-electron chi connectivity index (χ1n) is 12.2. The number of likely N-dealkylation sites (N-methyl/N-ethyl adjacent to an activating group) is 1. The zero-order chi connectivity index (χ0) is 24.6. The second kappa shape index (κ2) is 11.8. The SMILES string of the molecule is CO[C@@H](C(=O)N1CCC([C@@H](Cc2ccccc2)N(C)C(=O)Cn2cccn2)CC1)c1ccccc1. The Labute approximate surface area is 207 Å². The van der Waals surface area contributed by atoms with Crippen molar-refractivity contribution >= 4 is 11.8 Å². The maximum Gasteiger partial charge on any atom is 0.256 e. The molecule has 0 radical (unpaired) electrons. The van der Waals surface area contributed by atoms with Crippen molar-refractivity contribution in [3.05, 3.63) is 90.3 Å². The van der Waals surface area contributed by atoms with E-state index in [1.165, 1.54) is 5.56 Å². The molecule has 35 heavy (non-hydrogen) atoms. The molecule has 1 aromatic heterocycles. The number of hydrogen-bond donors (Lipinski definition) is 0. The van der Waals surface area contributed by atoms with Crippen LogP contribution in [0.1, 0.15) is 30.1 Å². The van der Waals surface area contributed by atoms with Gasteiger partial charge in [0.05, 0.1) is 0 Å². The Morgan fingerprint density at radius 2 is 1.69 bits per heavy atom. The first-order chi connectivity index (χ1) is 17.1. The number of carbonyl (C=O) groups excluding carboxylic acids is 2. The third-order valence-electron chi connectivity index (χ3n) is 6.99. The van der Waals surface area contributed by atoms with Gasteiger partial charge in [-0.1, -0.05) is 60.7 Å². The highest BCUT2D eigenvalue weighted by atomic mass is 16.5. The van der Waals surface area contributed by atoms with Gasteiger partial charge in [-0.3, -0.25) is 14.3 Å². The molecular weight excluding hydrogens is 440 g/mol. The standard InChI is InChI=1S/C28H34N4O3/c1-30(26(33)21-32-17-9-16-29-32)25(20-22-10-5-3-6-11-22)23-14-18-31(19-15-23)28(34)27(35-2)24-12-7-4-8-13-24/h3-13,16-17,23,25,27H,14-15,18-21H2,1-2H3/t25-,27-/m1/s1. The third kappa shape index (κ3) is 6.17. The summed E-state index contributed by atoms with van der Waals surface area (Å²) < 4.78 is 7.23. The van der Waals surface area contributed by atoms with Crippen LogP contribution in [0.25, 0.3) is 0 Å². The van der Waals surface area contributed by atoms with Crippen LogP contribution >= 0.6 is 0 Å². The lowest BCUT2D eigenvalue weighted by Gasteiger charge is -2.40. The zero-order valence-corrected chi connectivity index (χ0v) is 20.5. The molecular formula is C28H34N4O3. The van der Waals surface area contributed by atoms with Crippen LogP contribution in [0.5, 0.6) is 0 Å². The average Bonchev–Trinajstić information content (AvgIpc) is 3.42. The van der Waals surface area contributed by atoms with Gasteiger partial charge in [0.2, 0.25) is 5.91 Å². The number of piperidine rings is 1. The van der Waals surface area contributed by atoms with E-state index in [0.29, 0.717) is 19.0 Å². The highest BCUT2D eigenvalue weighted by Gasteiger charge is 2.34. The van der Waals surface area contributed by atoms with Gasteiger partial charge in [0.15, 0.2) is 6.10 Å². The van der Waals surface area contributed by atoms with Crippen LogP contribution < -0.4 is 0 Å². The number of methoxy groups -OCH3 is 1. The van der Waals surface area contributed by atoms with Gasteiger partial charge in [0.1, 0.15) is 6.54 Å². The zero-order valence-electron chi connectivity index (χ0n) is 20.5. The third-order valence-corrected chi connectivity index (χ3v) is 6.99. The van der Waals surface area contributed by atoms with Crippen LogP contribution in [0.3, 0.4) is 0 Å². The molecule has 1 aliphatic rings. The van der Waals surface area contributed by atoms with Gasteiger partial charge in [-0.05, 0) is 42.4 Å². The molecule has 4 rings (SSSR count). The van der Waals surface area contributed by atoms with Crippen molar-refractivity contribution in [2.45, 2.75) is 38.0 Å². The number of ether oxygens (including phenoxy) is 1. The van der Waals surface area contributed by atoms with E-state index in [4.69, 9.17) is 4.74 Å². The molecule has 1 aliphatic heterocycles. The van der Waals surface area contributed by atoms with Gasteiger partial charge >= 0.3 is 0 Å². The number of likely N-dealkylation sites (tertiary alicyclic amines) is 1. The summed E-state index contributed by atoms with van der Waals surface area (Å²) in [6.07, 6.45) is 5.37. The summed E-state index contributed by atoms with van der Waals surface area (Å²) in [6.45, 7) is 1.53. The Bertz CT molecular complexity index is 1060. The van der Waals surface area contributed by atoms with Crippen LogP contribution in [0.4, 0.5) is 0 Å². The molecule has 3 aromatic rings.